The number of benzene rings is 9. The number of rotatable bonds is 5. The van der Waals surface area contributed by atoms with Gasteiger partial charge < -0.3 is 0 Å². The molecule has 12 aromatic rings. The summed E-state index contributed by atoms with van der Waals surface area (Å²) in [6.45, 7) is 0. The predicted molar refractivity (Wildman–Crippen MR) is 255 cm³/mol. The lowest BCUT2D eigenvalue weighted by atomic mass is 9.68. The maximum Gasteiger partial charge on any atom is 0.235 e. The Balaban J connectivity index is 1.08. The van der Waals surface area contributed by atoms with E-state index < -0.39 is 5.41 Å². The summed E-state index contributed by atoms with van der Waals surface area (Å²) in [5.41, 5.74) is 14.2. The van der Waals surface area contributed by atoms with Crippen LogP contribution in [-0.2, 0) is 5.41 Å². The Hall–Kier alpha value is -8.21. The third-order valence-corrected chi connectivity index (χ3v) is 13.2. The fourth-order valence-electron chi connectivity index (χ4n) is 10.5. The molecule has 0 spiro atoms. The zero-order chi connectivity index (χ0) is 40.8. The lowest BCUT2D eigenvalue weighted by Gasteiger charge is -2.33. The third-order valence-electron chi connectivity index (χ3n) is 13.2. The van der Waals surface area contributed by atoms with E-state index in [4.69, 9.17) is 15.0 Å². The van der Waals surface area contributed by atoms with Crippen LogP contribution in [0.5, 0.6) is 0 Å². The van der Waals surface area contributed by atoms with Crippen LogP contribution in [0.2, 0.25) is 0 Å². The Morgan fingerprint density at radius 3 is 1.89 bits per heavy atom. The van der Waals surface area contributed by atoms with Gasteiger partial charge in [0.2, 0.25) is 5.95 Å². The maximum absolute atomic E-state index is 5.37. The molecule has 0 amide bonds. The van der Waals surface area contributed by atoms with Gasteiger partial charge in [-0.25, -0.2) is 9.97 Å². The Bertz CT molecular complexity index is 3700. The molecule has 4 heteroatoms. The van der Waals surface area contributed by atoms with Crippen molar-refractivity contribution in [3.05, 3.63) is 241 Å². The van der Waals surface area contributed by atoms with Gasteiger partial charge in [0, 0.05) is 34.1 Å². The largest absolute Gasteiger partial charge is 0.278 e. The fourth-order valence-corrected chi connectivity index (χ4v) is 10.5. The number of hydrogen-bond donors (Lipinski definition) is 0. The molecule has 3 aromatic heterocycles. The first-order valence-corrected chi connectivity index (χ1v) is 21.2. The van der Waals surface area contributed by atoms with E-state index in [1.54, 1.807) is 0 Å². The van der Waals surface area contributed by atoms with Crippen LogP contribution in [0, 0.1) is 0 Å². The van der Waals surface area contributed by atoms with E-state index in [2.05, 4.69) is 205 Å². The van der Waals surface area contributed by atoms with Gasteiger partial charge in [0.1, 0.15) is 0 Å². The van der Waals surface area contributed by atoms with E-state index in [1.807, 2.05) is 18.5 Å². The van der Waals surface area contributed by atoms with Crippen LogP contribution < -0.4 is 0 Å². The average molecular weight is 789 g/mol. The molecule has 0 aliphatic heterocycles. The summed E-state index contributed by atoms with van der Waals surface area (Å²) in [6.07, 6.45) is 3.91. The Morgan fingerprint density at radius 2 is 1.06 bits per heavy atom. The molecule has 13 rings (SSSR count). The summed E-state index contributed by atoms with van der Waals surface area (Å²) in [6, 6.07) is 74.6. The van der Waals surface area contributed by atoms with Crippen molar-refractivity contribution in [3.8, 4) is 39.5 Å². The molecule has 0 saturated heterocycles. The van der Waals surface area contributed by atoms with Gasteiger partial charge in [-0.3, -0.25) is 9.55 Å². The molecule has 4 nitrogen and oxygen atoms in total. The molecule has 1 aliphatic rings. The van der Waals surface area contributed by atoms with E-state index in [-0.39, 0.29) is 0 Å². The quantitative estimate of drug-likeness (QED) is 0.174. The zero-order valence-corrected chi connectivity index (χ0v) is 33.6. The highest BCUT2D eigenvalue weighted by Crippen LogP contribution is 2.58. The molecule has 1 aliphatic carbocycles. The summed E-state index contributed by atoms with van der Waals surface area (Å²) in [7, 11) is 0. The van der Waals surface area contributed by atoms with Crippen molar-refractivity contribution < 1.29 is 0 Å². The van der Waals surface area contributed by atoms with Crippen molar-refractivity contribution in [2.45, 2.75) is 5.41 Å². The van der Waals surface area contributed by atoms with Gasteiger partial charge in [0.15, 0.2) is 0 Å². The van der Waals surface area contributed by atoms with Crippen LogP contribution in [0.25, 0.3) is 93.7 Å². The van der Waals surface area contributed by atoms with E-state index in [1.165, 1.54) is 54.7 Å². The normalized spacial score (nSPS) is 14.5. The van der Waals surface area contributed by atoms with Gasteiger partial charge >= 0.3 is 0 Å². The number of hydrogen-bond acceptors (Lipinski definition) is 3. The second kappa shape index (κ2) is 13.4. The van der Waals surface area contributed by atoms with Crippen molar-refractivity contribution >= 4 is 54.3 Å². The summed E-state index contributed by atoms with van der Waals surface area (Å²) >= 11 is 0. The number of para-hydroxylation sites is 1. The standard InChI is InChI=1S/C58H36N4/c1-3-16-39(17-4-1)56-46-23-11-12-24-51(46)60-57(61-56)62-52-31-28-41(35-48(52)55-45-22-10-8-15-38(45)27-32-53(55)62)40-26-29-49-47(34-40)54-44-21-9-7-14-37(44)25-30-50(54)58(49,42-18-5-2-6-19-42)43-20-13-33-59-36-43/h1-36H. The van der Waals surface area contributed by atoms with Crippen molar-refractivity contribution in [2.75, 3.05) is 0 Å². The van der Waals surface area contributed by atoms with Crippen LogP contribution in [0.15, 0.2) is 219 Å². The molecule has 1 unspecified atom stereocenters. The van der Waals surface area contributed by atoms with E-state index >= 15 is 0 Å². The van der Waals surface area contributed by atoms with Crippen LogP contribution in [-0.4, -0.2) is 19.5 Å². The predicted octanol–water partition coefficient (Wildman–Crippen LogP) is 14.1. The van der Waals surface area contributed by atoms with Crippen LogP contribution >= 0.6 is 0 Å². The minimum atomic E-state index is -0.544. The van der Waals surface area contributed by atoms with Crippen molar-refractivity contribution in [1.82, 2.24) is 19.5 Å². The third kappa shape index (κ3) is 4.92. The van der Waals surface area contributed by atoms with E-state index in [0.717, 1.165) is 55.3 Å². The molecule has 62 heavy (non-hydrogen) atoms. The van der Waals surface area contributed by atoms with Crippen LogP contribution in [0.1, 0.15) is 22.3 Å². The molecule has 1 atom stereocenters. The van der Waals surface area contributed by atoms with Gasteiger partial charge in [-0.1, -0.05) is 170 Å². The van der Waals surface area contributed by atoms with Crippen LogP contribution in [0.4, 0.5) is 0 Å². The summed E-state index contributed by atoms with van der Waals surface area (Å²) in [5, 5.41) is 8.26. The SMILES string of the molecule is c1ccc(-c2nc(-n3c4ccc(-c5ccc6c(c5)-c5c(ccc7ccccc57)C6(c5ccccc5)c5cccnc5)cc4c4c5ccccc5ccc43)nc3ccccc23)cc1. The lowest BCUT2D eigenvalue weighted by molar-refractivity contribution is 0.763. The number of pyridine rings is 1. The molecule has 0 fully saturated rings. The highest BCUT2D eigenvalue weighted by molar-refractivity contribution is 6.22. The first-order valence-electron chi connectivity index (χ1n) is 21.2. The first kappa shape index (κ1) is 34.6. The molecular weight excluding hydrogens is 753 g/mol. The number of nitrogens with zero attached hydrogens (tertiary/aromatic N) is 4. The van der Waals surface area contributed by atoms with Gasteiger partial charge in [-0.15, -0.1) is 0 Å². The minimum Gasteiger partial charge on any atom is -0.278 e. The van der Waals surface area contributed by atoms with Gasteiger partial charge in [-0.2, -0.15) is 0 Å². The molecule has 288 valence electrons. The van der Waals surface area contributed by atoms with Crippen molar-refractivity contribution in [2.24, 2.45) is 0 Å². The summed E-state index contributed by atoms with van der Waals surface area (Å²) in [4.78, 5) is 15.3. The zero-order valence-electron chi connectivity index (χ0n) is 33.6. The maximum atomic E-state index is 5.37. The average Bonchev–Trinajstić information content (AvgIpc) is 3.85. The molecular formula is C58H36N4. The monoisotopic (exact) mass is 788 g/mol. The molecule has 9 aromatic carbocycles. The highest BCUT2D eigenvalue weighted by Gasteiger charge is 2.47. The number of aromatic nitrogens is 4. The highest BCUT2D eigenvalue weighted by atomic mass is 15.2. The smallest absolute Gasteiger partial charge is 0.235 e. The van der Waals surface area contributed by atoms with Gasteiger partial charge in [0.25, 0.3) is 0 Å². The van der Waals surface area contributed by atoms with Crippen LogP contribution in [0.3, 0.4) is 0 Å². The Kier molecular flexibility index (Phi) is 7.49. The Morgan fingerprint density at radius 1 is 0.419 bits per heavy atom. The fraction of sp³-hybridized carbons (Fsp3) is 0.0172. The van der Waals surface area contributed by atoms with Gasteiger partial charge in [-0.05, 0) is 102 Å². The second-order valence-electron chi connectivity index (χ2n) is 16.3. The molecule has 0 N–H and O–H groups in total. The van der Waals surface area contributed by atoms with E-state index in [9.17, 15) is 0 Å². The summed E-state index contributed by atoms with van der Waals surface area (Å²) < 4.78 is 2.26. The minimum absolute atomic E-state index is 0.544. The second-order valence-corrected chi connectivity index (χ2v) is 16.3. The van der Waals surface area contributed by atoms with Gasteiger partial charge in [0.05, 0.1) is 27.7 Å². The molecule has 0 bridgehead atoms. The van der Waals surface area contributed by atoms with Crippen molar-refractivity contribution in [1.29, 1.82) is 0 Å². The van der Waals surface area contributed by atoms with Crippen molar-refractivity contribution in [3.63, 3.8) is 0 Å². The first-order chi connectivity index (χ1) is 30.8. The topological polar surface area (TPSA) is 43.6 Å². The number of fused-ring (bicyclic) bond motifs is 11. The molecule has 3 heterocycles. The molecule has 0 saturated carbocycles. The molecule has 0 radical (unpaired) electrons. The Labute approximate surface area is 358 Å². The lowest BCUT2D eigenvalue weighted by Crippen LogP contribution is -2.28. The van der Waals surface area contributed by atoms with E-state index in [0.29, 0.717) is 5.95 Å². The summed E-state index contributed by atoms with van der Waals surface area (Å²) in [5.74, 6) is 0.652.